The molecule has 0 spiro atoms. The van der Waals surface area contributed by atoms with Crippen LogP contribution >= 0.6 is 12.2 Å². The highest BCUT2D eigenvalue weighted by Gasteiger charge is 2.38. The Hall–Kier alpha value is -2.15. The number of aliphatic imine (C=N–C) groups is 1. The van der Waals surface area contributed by atoms with Crippen LogP contribution in [0.3, 0.4) is 0 Å². The minimum Gasteiger partial charge on any atom is -0.497 e. The molecule has 2 unspecified atom stereocenters. The molecule has 6 nitrogen and oxygen atoms in total. The Balaban J connectivity index is 2.51. The third-order valence-corrected chi connectivity index (χ3v) is 4.67. The van der Waals surface area contributed by atoms with Crippen LogP contribution in [0.15, 0.2) is 23.2 Å². The highest BCUT2D eigenvalue weighted by molar-refractivity contribution is 7.80. The maximum absolute atomic E-state index is 13.1. The second-order valence-electron chi connectivity index (χ2n) is 5.78. The van der Waals surface area contributed by atoms with Gasteiger partial charge >= 0.3 is 0 Å². The van der Waals surface area contributed by atoms with Crippen LogP contribution in [-0.4, -0.2) is 48.9 Å². The number of carbonyl (C=O) groups excluding carboxylic acids is 1. The summed E-state index contributed by atoms with van der Waals surface area (Å²) in [5, 5.41) is 3.56. The number of ether oxygens (including phenoxy) is 2. The van der Waals surface area contributed by atoms with E-state index < -0.39 is 5.92 Å². The van der Waals surface area contributed by atoms with Gasteiger partial charge in [0, 0.05) is 30.4 Å². The fraction of sp³-hybridized carbons (Fsp3) is 0.500. The zero-order chi connectivity index (χ0) is 18.6. The molecular weight excluding hydrogens is 338 g/mol. The van der Waals surface area contributed by atoms with Gasteiger partial charge in [-0.25, -0.2) is 4.99 Å². The monoisotopic (exact) mass is 363 g/mol. The average Bonchev–Trinajstić information content (AvgIpc) is 2.61. The van der Waals surface area contributed by atoms with Crippen molar-refractivity contribution in [3.05, 3.63) is 23.8 Å². The van der Waals surface area contributed by atoms with Gasteiger partial charge in [0.1, 0.15) is 17.4 Å². The van der Waals surface area contributed by atoms with Crippen LogP contribution in [-0.2, 0) is 4.79 Å². The van der Waals surface area contributed by atoms with Crippen molar-refractivity contribution in [3.63, 3.8) is 0 Å². The number of nitrogens with zero attached hydrogens (tertiary/aromatic N) is 2. The van der Waals surface area contributed by atoms with Gasteiger partial charge in [0.25, 0.3) is 0 Å². The fourth-order valence-electron chi connectivity index (χ4n) is 3.11. The molecule has 1 N–H and O–H groups in total. The summed E-state index contributed by atoms with van der Waals surface area (Å²) in [6.07, 6.45) is 0. The summed E-state index contributed by atoms with van der Waals surface area (Å²) < 4.78 is 10.8. The van der Waals surface area contributed by atoms with Gasteiger partial charge in [-0.3, -0.25) is 4.79 Å². The lowest BCUT2D eigenvalue weighted by Crippen LogP contribution is -2.48. The smallest absolute Gasteiger partial charge is 0.233 e. The van der Waals surface area contributed by atoms with Crippen molar-refractivity contribution in [1.29, 1.82) is 0 Å². The molecule has 136 valence electrons. The van der Waals surface area contributed by atoms with Crippen LogP contribution in [0.4, 0.5) is 0 Å². The Morgan fingerprint density at radius 3 is 2.52 bits per heavy atom. The van der Waals surface area contributed by atoms with E-state index in [9.17, 15) is 4.79 Å². The SMILES string of the molecule is CCN(CC)C(=O)C1C(C)=NC(=S)NC1c1ccc(OC)cc1OC. The van der Waals surface area contributed by atoms with Crippen molar-refractivity contribution in [2.45, 2.75) is 26.8 Å². The van der Waals surface area contributed by atoms with Gasteiger partial charge in [0.2, 0.25) is 5.91 Å². The number of carbonyl (C=O) groups is 1. The lowest BCUT2D eigenvalue weighted by atomic mass is 9.86. The van der Waals surface area contributed by atoms with Crippen molar-refractivity contribution in [2.75, 3.05) is 27.3 Å². The fourth-order valence-corrected chi connectivity index (χ4v) is 3.38. The first-order valence-corrected chi connectivity index (χ1v) is 8.73. The third-order valence-electron chi connectivity index (χ3n) is 4.46. The molecule has 0 aliphatic carbocycles. The molecule has 0 saturated heterocycles. The molecular formula is C18H25N3O3S. The number of rotatable bonds is 6. The highest BCUT2D eigenvalue weighted by Crippen LogP contribution is 2.36. The summed E-state index contributed by atoms with van der Waals surface area (Å²) in [4.78, 5) is 19.2. The molecule has 0 fully saturated rings. The molecule has 2 rings (SSSR count). The van der Waals surface area contributed by atoms with Crippen molar-refractivity contribution in [1.82, 2.24) is 10.2 Å². The molecule has 0 saturated carbocycles. The molecule has 1 heterocycles. The maximum Gasteiger partial charge on any atom is 0.233 e. The first kappa shape index (κ1) is 19.2. The Labute approximate surface area is 154 Å². The number of amides is 1. The Kier molecular flexibility index (Phi) is 6.36. The molecule has 1 aromatic carbocycles. The summed E-state index contributed by atoms with van der Waals surface area (Å²) in [5.74, 6) is 0.931. The van der Waals surface area contributed by atoms with Gasteiger partial charge in [-0.15, -0.1) is 0 Å². The van der Waals surface area contributed by atoms with Gasteiger partial charge in [-0.05, 0) is 45.1 Å². The average molecular weight is 363 g/mol. The van der Waals surface area contributed by atoms with E-state index in [1.807, 2.05) is 37.8 Å². The van der Waals surface area contributed by atoms with Gasteiger partial charge in [-0.2, -0.15) is 0 Å². The molecule has 0 radical (unpaired) electrons. The minimum atomic E-state index is -0.436. The van der Waals surface area contributed by atoms with Gasteiger partial charge < -0.3 is 19.7 Å². The maximum atomic E-state index is 13.1. The van der Waals surface area contributed by atoms with Gasteiger partial charge in [-0.1, -0.05) is 0 Å². The van der Waals surface area contributed by atoms with Crippen LogP contribution in [0, 0.1) is 5.92 Å². The van der Waals surface area contributed by atoms with Crippen LogP contribution in [0.5, 0.6) is 11.5 Å². The van der Waals surface area contributed by atoms with E-state index in [1.54, 1.807) is 20.3 Å². The van der Waals surface area contributed by atoms with E-state index >= 15 is 0 Å². The molecule has 0 aromatic heterocycles. The van der Waals surface area contributed by atoms with Crippen molar-refractivity contribution >= 4 is 28.9 Å². The standard InChI is InChI=1S/C18H25N3O3S/c1-6-21(7-2)17(22)15-11(3)19-18(25)20-16(15)13-9-8-12(23-4)10-14(13)24-5/h8-10,15-16H,6-7H2,1-5H3,(H,20,25). The normalized spacial score (nSPS) is 19.7. The van der Waals surface area contributed by atoms with Crippen LogP contribution in [0.2, 0.25) is 0 Å². The molecule has 1 aromatic rings. The Morgan fingerprint density at radius 1 is 1.28 bits per heavy atom. The van der Waals surface area contributed by atoms with E-state index in [-0.39, 0.29) is 11.9 Å². The van der Waals surface area contributed by atoms with Crippen molar-refractivity contribution in [3.8, 4) is 11.5 Å². The zero-order valence-corrected chi connectivity index (χ0v) is 16.1. The predicted molar refractivity (Wildman–Crippen MR) is 103 cm³/mol. The van der Waals surface area contributed by atoms with Crippen LogP contribution in [0.1, 0.15) is 32.4 Å². The molecule has 0 bridgehead atoms. The third kappa shape index (κ3) is 3.92. The highest BCUT2D eigenvalue weighted by atomic mass is 32.1. The van der Waals surface area contributed by atoms with E-state index in [0.717, 1.165) is 5.56 Å². The first-order chi connectivity index (χ1) is 12.0. The van der Waals surface area contributed by atoms with Crippen LogP contribution in [0.25, 0.3) is 0 Å². The lowest BCUT2D eigenvalue weighted by molar-refractivity contribution is -0.133. The number of nitrogens with one attached hydrogen (secondary N) is 1. The molecule has 1 amide bonds. The number of methoxy groups -OCH3 is 2. The second-order valence-corrected chi connectivity index (χ2v) is 6.16. The molecule has 1 aliphatic heterocycles. The van der Waals surface area contributed by atoms with Crippen molar-refractivity contribution < 1.29 is 14.3 Å². The van der Waals surface area contributed by atoms with Crippen LogP contribution < -0.4 is 14.8 Å². The first-order valence-electron chi connectivity index (χ1n) is 8.33. The molecule has 25 heavy (non-hydrogen) atoms. The summed E-state index contributed by atoms with van der Waals surface area (Å²) in [6.45, 7) is 7.09. The molecule has 1 aliphatic rings. The van der Waals surface area contributed by atoms with E-state index in [1.165, 1.54) is 0 Å². The number of thiocarbonyl (C=S) groups is 1. The lowest BCUT2D eigenvalue weighted by Gasteiger charge is -2.35. The number of hydrogen-bond donors (Lipinski definition) is 1. The summed E-state index contributed by atoms with van der Waals surface area (Å²) >= 11 is 5.26. The summed E-state index contributed by atoms with van der Waals surface area (Å²) in [6, 6.07) is 5.22. The minimum absolute atomic E-state index is 0.0316. The van der Waals surface area contributed by atoms with E-state index in [4.69, 9.17) is 21.7 Å². The van der Waals surface area contributed by atoms with E-state index in [0.29, 0.717) is 35.4 Å². The number of hydrogen-bond acceptors (Lipinski definition) is 4. The second kappa shape index (κ2) is 8.29. The van der Waals surface area contributed by atoms with Crippen molar-refractivity contribution in [2.24, 2.45) is 10.9 Å². The molecule has 7 heteroatoms. The van der Waals surface area contributed by atoms with Gasteiger partial charge in [0.15, 0.2) is 5.11 Å². The Morgan fingerprint density at radius 2 is 1.96 bits per heavy atom. The predicted octanol–water partition coefficient (Wildman–Crippen LogP) is 2.58. The topological polar surface area (TPSA) is 63.2 Å². The summed E-state index contributed by atoms with van der Waals surface area (Å²) in [7, 11) is 3.20. The van der Waals surface area contributed by atoms with Gasteiger partial charge in [0.05, 0.1) is 20.3 Å². The largest absolute Gasteiger partial charge is 0.497 e. The quantitative estimate of drug-likeness (QED) is 0.787. The summed E-state index contributed by atoms with van der Waals surface area (Å²) in [5.41, 5.74) is 1.56. The zero-order valence-electron chi connectivity index (χ0n) is 15.3. The number of benzene rings is 1. The van der Waals surface area contributed by atoms with E-state index in [2.05, 4.69) is 10.3 Å². The Bertz CT molecular complexity index is 686. The molecule has 2 atom stereocenters.